The molecule has 0 amide bonds. The number of methoxy groups -OCH3 is 1. The van der Waals surface area contributed by atoms with Crippen molar-refractivity contribution in [3.8, 4) is 5.75 Å². The third-order valence-corrected chi connectivity index (χ3v) is 14.5. The molecule has 0 unspecified atom stereocenters. The predicted molar refractivity (Wildman–Crippen MR) is 178 cm³/mol. The van der Waals surface area contributed by atoms with Crippen LogP contribution in [-0.4, -0.2) is 31.8 Å². The van der Waals surface area contributed by atoms with Gasteiger partial charge < -0.3 is 14.2 Å². The Morgan fingerprint density at radius 2 is 1.58 bits per heavy atom. The normalized spacial score (nSPS) is 41.6. The fourth-order valence-electron chi connectivity index (χ4n) is 11.2. The number of carbonyl (C=O) groups is 2. The summed E-state index contributed by atoms with van der Waals surface area (Å²) in [7, 11) is 1.63. The highest BCUT2D eigenvalue weighted by atomic mass is 16.5. The minimum atomic E-state index is -0.251. The van der Waals surface area contributed by atoms with Crippen LogP contribution in [-0.2, 0) is 14.3 Å². The van der Waals surface area contributed by atoms with E-state index in [1.54, 1.807) is 30.4 Å². The van der Waals surface area contributed by atoms with Crippen molar-refractivity contribution in [1.29, 1.82) is 0 Å². The maximum Gasteiger partial charge on any atom is 0.338 e. The smallest absolute Gasteiger partial charge is 0.338 e. The van der Waals surface area contributed by atoms with Crippen LogP contribution in [0.1, 0.15) is 124 Å². The fourth-order valence-corrected chi connectivity index (χ4v) is 11.2. The Labute approximate surface area is 271 Å². The number of carbonyl (C=O) groups excluding carboxylic acids is 2. The number of fused-ring (bicyclic) bond motifs is 6. The van der Waals surface area contributed by atoms with E-state index >= 15 is 0 Å². The van der Waals surface area contributed by atoms with Crippen molar-refractivity contribution in [2.75, 3.05) is 13.7 Å². The van der Waals surface area contributed by atoms with Crippen LogP contribution in [0.5, 0.6) is 5.75 Å². The van der Waals surface area contributed by atoms with Gasteiger partial charge in [0.15, 0.2) is 0 Å². The van der Waals surface area contributed by atoms with Gasteiger partial charge in [-0.15, -0.1) is 0 Å². The van der Waals surface area contributed by atoms with Crippen LogP contribution in [0.4, 0.5) is 0 Å². The lowest BCUT2D eigenvalue weighted by molar-refractivity contribution is -0.165. The maximum absolute atomic E-state index is 13.2. The minimum Gasteiger partial charge on any atom is -0.497 e. The molecule has 3 fully saturated rings. The van der Waals surface area contributed by atoms with E-state index in [1.165, 1.54) is 32.6 Å². The molecular weight excluding hydrogens is 560 g/mol. The van der Waals surface area contributed by atoms with Crippen LogP contribution in [0.15, 0.2) is 47.6 Å². The van der Waals surface area contributed by atoms with Crippen molar-refractivity contribution in [1.82, 2.24) is 0 Å². The Kier molecular flexibility index (Phi) is 7.73. The average Bonchev–Trinajstić information content (AvgIpc) is 2.99. The first kappa shape index (κ1) is 32.4. The number of hydrogen-bond donors (Lipinski definition) is 0. The Morgan fingerprint density at radius 3 is 2.24 bits per heavy atom. The van der Waals surface area contributed by atoms with Crippen molar-refractivity contribution in [3.63, 3.8) is 0 Å². The van der Waals surface area contributed by atoms with E-state index in [9.17, 15) is 9.59 Å². The van der Waals surface area contributed by atoms with Gasteiger partial charge >= 0.3 is 11.9 Å². The van der Waals surface area contributed by atoms with Crippen LogP contribution in [0.2, 0.25) is 0 Å². The average molecular weight is 617 g/mol. The molecule has 0 spiro atoms. The van der Waals surface area contributed by atoms with Crippen molar-refractivity contribution in [2.24, 2.45) is 44.3 Å². The lowest BCUT2D eigenvalue weighted by atomic mass is 9.36. The van der Waals surface area contributed by atoms with Crippen molar-refractivity contribution in [2.45, 2.75) is 119 Å². The highest BCUT2D eigenvalue weighted by Crippen LogP contribution is 2.74. The molecule has 3 saturated carbocycles. The molecule has 0 aromatic heterocycles. The van der Waals surface area contributed by atoms with Gasteiger partial charge in [-0.3, -0.25) is 4.79 Å². The second-order valence-corrected chi connectivity index (χ2v) is 17.4. The van der Waals surface area contributed by atoms with Gasteiger partial charge in [0.1, 0.15) is 11.9 Å². The second-order valence-electron chi connectivity index (χ2n) is 17.4. The van der Waals surface area contributed by atoms with E-state index in [0.29, 0.717) is 29.4 Å². The molecule has 0 N–H and O–H groups in total. The van der Waals surface area contributed by atoms with Crippen LogP contribution in [0, 0.1) is 44.3 Å². The summed E-state index contributed by atoms with van der Waals surface area (Å²) in [6.07, 6.45) is 15.1. The number of esters is 2. The number of rotatable bonds is 5. The van der Waals surface area contributed by atoms with Crippen LogP contribution < -0.4 is 4.74 Å². The predicted octanol–water partition coefficient (Wildman–Crippen LogP) is 9.51. The monoisotopic (exact) mass is 616 g/mol. The summed E-state index contributed by atoms with van der Waals surface area (Å²) in [4.78, 5) is 25.0. The van der Waals surface area contributed by atoms with Crippen molar-refractivity contribution < 1.29 is 23.8 Å². The van der Waals surface area contributed by atoms with E-state index in [1.807, 2.05) is 12.1 Å². The van der Waals surface area contributed by atoms with Crippen LogP contribution in [0.3, 0.4) is 0 Å². The molecule has 5 heteroatoms. The van der Waals surface area contributed by atoms with Gasteiger partial charge in [-0.05, 0) is 121 Å². The summed E-state index contributed by atoms with van der Waals surface area (Å²) in [5.41, 5.74) is 4.37. The molecule has 5 aliphatic rings. The Hall–Kier alpha value is -2.56. The minimum absolute atomic E-state index is 0.0386. The first-order chi connectivity index (χ1) is 21.0. The summed E-state index contributed by atoms with van der Waals surface area (Å²) in [6.45, 7) is 19.3. The van der Waals surface area contributed by atoms with E-state index in [0.717, 1.165) is 37.9 Å². The molecule has 1 aromatic rings. The number of allylic oxidation sites excluding steroid dienone is 4. The lowest BCUT2D eigenvalue weighted by Crippen LogP contribution is -2.61. The zero-order valence-corrected chi connectivity index (χ0v) is 29.3. The molecule has 6 rings (SSSR count). The van der Waals surface area contributed by atoms with E-state index in [2.05, 4.69) is 60.6 Å². The van der Waals surface area contributed by atoms with Gasteiger partial charge in [0.2, 0.25) is 0 Å². The standard InChI is InChI=1S/C40H56O5/c1-26(41)44-25-36(4)20-21-37(5)22-23-39(7)30-14-15-31-35(2,3)33(45-34(42)27-10-12-28(43-9)13-11-27)17-18-38(31,6)29(30)16-19-40(39,8)32(37)24-36/h10-15,31-33H,16-25H2,1-9H3/t31-,32+,33+,36+,37+,38+,39+,40-/m0/s1. The van der Waals surface area contributed by atoms with Gasteiger partial charge in [-0.25, -0.2) is 4.79 Å². The first-order valence-corrected chi connectivity index (χ1v) is 17.4. The van der Waals surface area contributed by atoms with Crippen LogP contribution in [0.25, 0.3) is 0 Å². The molecule has 0 aliphatic heterocycles. The highest BCUT2D eigenvalue weighted by molar-refractivity contribution is 5.89. The Balaban J connectivity index is 1.27. The maximum atomic E-state index is 13.2. The van der Waals surface area contributed by atoms with E-state index in [-0.39, 0.29) is 45.1 Å². The SMILES string of the molecule is COc1ccc(C(=O)O[C@@H]2CC[C@]3(C)C4=C(C=C[C@H]3C2(C)C)[C@@]2(C)CC[C@@]3(C)CC[C@@](C)(COC(C)=O)C[C@H]3[C@]2(C)CC4)cc1. The molecule has 0 saturated heterocycles. The van der Waals surface area contributed by atoms with Crippen molar-refractivity contribution in [3.05, 3.63) is 53.1 Å². The van der Waals surface area contributed by atoms with Gasteiger partial charge in [-0.1, -0.05) is 66.2 Å². The van der Waals surface area contributed by atoms with E-state index < -0.39 is 0 Å². The summed E-state index contributed by atoms with van der Waals surface area (Å²) in [6, 6.07) is 7.21. The fraction of sp³-hybridized carbons (Fsp3) is 0.700. The number of benzene rings is 1. The van der Waals surface area contributed by atoms with Crippen molar-refractivity contribution >= 4 is 11.9 Å². The molecule has 246 valence electrons. The molecule has 45 heavy (non-hydrogen) atoms. The highest BCUT2D eigenvalue weighted by Gasteiger charge is 2.65. The molecule has 8 atom stereocenters. The summed E-state index contributed by atoms with van der Waals surface area (Å²) >= 11 is 0. The largest absolute Gasteiger partial charge is 0.497 e. The summed E-state index contributed by atoms with van der Waals surface area (Å²) in [5.74, 6) is 1.21. The molecule has 0 radical (unpaired) electrons. The molecule has 0 heterocycles. The van der Waals surface area contributed by atoms with Gasteiger partial charge in [-0.2, -0.15) is 0 Å². The van der Waals surface area contributed by atoms with Crippen LogP contribution >= 0.6 is 0 Å². The lowest BCUT2D eigenvalue weighted by Gasteiger charge is -2.69. The molecule has 0 bridgehead atoms. The molecule has 5 aliphatic carbocycles. The van der Waals surface area contributed by atoms with Gasteiger partial charge in [0.25, 0.3) is 0 Å². The quantitative estimate of drug-likeness (QED) is 0.308. The third kappa shape index (κ3) is 4.92. The first-order valence-electron chi connectivity index (χ1n) is 17.4. The molecular formula is C40H56O5. The topological polar surface area (TPSA) is 61.8 Å². The second kappa shape index (κ2) is 10.7. The number of hydrogen-bond acceptors (Lipinski definition) is 5. The van der Waals surface area contributed by atoms with Gasteiger partial charge in [0.05, 0.1) is 19.3 Å². The molecule has 1 aromatic carbocycles. The summed E-state index contributed by atoms with van der Waals surface area (Å²) in [5, 5.41) is 0. The third-order valence-electron chi connectivity index (χ3n) is 14.5. The van der Waals surface area contributed by atoms with Gasteiger partial charge in [0, 0.05) is 17.8 Å². The summed E-state index contributed by atoms with van der Waals surface area (Å²) < 4.78 is 17.2. The molecule has 5 nitrogen and oxygen atoms in total. The Morgan fingerprint density at radius 1 is 0.889 bits per heavy atom. The zero-order valence-electron chi connectivity index (χ0n) is 29.3. The van der Waals surface area contributed by atoms with E-state index in [4.69, 9.17) is 14.2 Å². The zero-order chi connectivity index (χ0) is 32.6. The Bertz CT molecular complexity index is 1420. The number of ether oxygens (including phenoxy) is 3.